The van der Waals surface area contributed by atoms with E-state index in [4.69, 9.17) is 9.47 Å². The zero-order chi connectivity index (χ0) is 75.9. The number of aliphatic hydroxyl groups is 1. The summed E-state index contributed by atoms with van der Waals surface area (Å²) in [6, 6.07) is -8.54. The van der Waals surface area contributed by atoms with Crippen LogP contribution in [0.3, 0.4) is 0 Å². The summed E-state index contributed by atoms with van der Waals surface area (Å²) >= 11 is 0. The van der Waals surface area contributed by atoms with Crippen LogP contribution in [0.5, 0.6) is 0 Å². The highest BCUT2D eigenvalue weighted by Crippen LogP contribution is 2.25. The van der Waals surface area contributed by atoms with Crippen LogP contribution in [0.4, 0.5) is 4.39 Å². The number of rotatable bonds is 22. The van der Waals surface area contributed by atoms with E-state index in [9.17, 15) is 33.5 Å². The molecule has 2 fully saturated rings. The van der Waals surface area contributed by atoms with Crippen LogP contribution in [0.25, 0.3) is 0 Å². The van der Waals surface area contributed by atoms with Gasteiger partial charge in [0.25, 0.3) is 0 Å². The van der Waals surface area contributed by atoms with Crippen molar-refractivity contribution in [1.82, 2.24) is 60.9 Å². The Hall–Kier alpha value is -6.84. The van der Waals surface area contributed by atoms with E-state index in [1.807, 2.05) is 41.5 Å². The number of carbonyl (C=O) groups excluding carboxylic acids is 11. The Bertz CT molecular complexity index is 2860. The van der Waals surface area contributed by atoms with Crippen LogP contribution in [0.1, 0.15) is 168 Å². The Labute approximate surface area is 595 Å². The molecule has 14 atom stereocenters. The predicted molar refractivity (Wildman–Crippen MR) is 381 cm³/mol. The lowest BCUT2D eigenvalue weighted by atomic mass is 9.90. The minimum absolute atomic E-state index is 0.0414. The van der Waals surface area contributed by atoms with Gasteiger partial charge >= 0.3 is 0 Å². The lowest BCUT2D eigenvalue weighted by molar-refractivity contribution is -0.154. The van der Waals surface area contributed by atoms with Crippen LogP contribution in [-0.4, -0.2) is 265 Å². The van der Waals surface area contributed by atoms with Gasteiger partial charge in [-0.2, -0.15) is 0 Å². The molecule has 2 aliphatic heterocycles. The highest BCUT2D eigenvalue weighted by molar-refractivity contribution is 6.00. The molecule has 100 heavy (non-hydrogen) atoms. The molecule has 11 amide bonds. The molecule has 568 valence electrons. The van der Waals surface area contributed by atoms with E-state index in [0.29, 0.717) is 38.9 Å². The van der Waals surface area contributed by atoms with Gasteiger partial charge in [0.05, 0.1) is 25.4 Å². The standard InChI is InChI=1S/C73H125FN12O14/c1-23-54-70(95)80(17)50(15)69(94)85(22)61(51(16)100-36-25-24-33-86-34-37-99-38-35-86)67(92)78-58(45(8)9)73(98)81(18)55(39-42(2)3)64(89)75-48(13)63(88)76-49(14)68(93)82(19)56(40-43(4)5)71(96)83(20)57(41-44(6)7)72(97)84(21)60(46(10)11)66(91)79-59(65(90)77-54)62(87)47(12)27-26-28-52-29-31-53(74)32-30-52/h29-32,42-51,54-62,87H,23-28,33-41H2,1-22H3,(H,75,89)(H,76,88)(H,77,90)(H,78,92)(H,79,91)/t47-,48+,49-,50-,51-,54+,55+,56+,57+,58+,59+,60+,61+,62-/m1/s1. The number of ether oxygens (including phenoxy) is 2. The summed E-state index contributed by atoms with van der Waals surface area (Å²) in [5.41, 5.74) is 0.833. The average Bonchev–Trinajstić information content (AvgIpc) is 0.818. The van der Waals surface area contributed by atoms with Crippen molar-refractivity contribution in [1.29, 1.82) is 0 Å². The first kappa shape index (κ1) is 87.4. The number of hydrogen-bond acceptors (Lipinski definition) is 15. The van der Waals surface area contributed by atoms with Crippen LogP contribution in [0, 0.1) is 41.3 Å². The van der Waals surface area contributed by atoms with Crippen LogP contribution < -0.4 is 26.6 Å². The van der Waals surface area contributed by atoms with E-state index >= 15 is 28.8 Å². The van der Waals surface area contributed by atoms with Crippen LogP contribution in [0.2, 0.25) is 0 Å². The summed E-state index contributed by atoms with van der Waals surface area (Å²) < 4.78 is 25.7. The number of nitrogens with one attached hydrogen (secondary N) is 5. The number of likely N-dealkylation sites (N-methyl/N-ethyl adjacent to an activating group) is 6. The maximum atomic E-state index is 15.2. The number of benzene rings is 1. The minimum Gasteiger partial charge on any atom is -0.390 e. The van der Waals surface area contributed by atoms with Gasteiger partial charge in [-0.1, -0.05) is 95.2 Å². The van der Waals surface area contributed by atoms with Gasteiger partial charge in [0.15, 0.2) is 0 Å². The Morgan fingerprint density at radius 3 is 1.53 bits per heavy atom. The van der Waals surface area contributed by atoms with Gasteiger partial charge in [-0.3, -0.25) is 57.6 Å². The molecule has 2 heterocycles. The molecule has 2 saturated heterocycles. The molecule has 1 aromatic rings. The number of aryl methyl sites for hydroxylation is 1. The molecule has 3 rings (SSSR count). The van der Waals surface area contributed by atoms with Crippen molar-refractivity contribution in [2.24, 2.45) is 35.5 Å². The zero-order valence-electron chi connectivity index (χ0n) is 64.1. The third-order valence-corrected chi connectivity index (χ3v) is 19.5. The number of morpholine rings is 1. The molecule has 0 aliphatic carbocycles. The summed E-state index contributed by atoms with van der Waals surface area (Å²) in [6.07, 6.45) is 0.377. The van der Waals surface area contributed by atoms with Crippen molar-refractivity contribution in [2.45, 2.75) is 247 Å². The molecule has 0 bridgehead atoms. The van der Waals surface area contributed by atoms with Crippen molar-refractivity contribution >= 4 is 65.0 Å². The smallest absolute Gasteiger partial charge is 0.246 e. The first-order valence-corrected chi connectivity index (χ1v) is 36.2. The first-order chi connectivity index (χ1) is 46.7. The molecular formula is C73H125FN12O14. The van der Waals surface area contributed by atoms with Gasteiger partial charge in [-0.05, 0) is 145 Å². The molecule has 2 aliphatic rings. The number of halogens is 1. The minimum atomic E-state index is -1.75. The molecule has 0 radical (unpaired) electrons. The topological polar surface area (TPSA) is 309 Å². The number of nitrogens with zero attached hydrogens (tertiary/aromatic N) is 7. The second-order valence-corrected chi connectivity index (χ2v) is 29.8. The third kappa shape index (κ3) is 25.3. The number of amides is 11. The number of hydrogen-bond donors (Lipinski definition) is 6. The monoisotopic (exact) mass is 1410 g/mol. The summed E-state index contributed by atoms with van der Waals surface area (Å²) in [4.78, 5) is 173. The summed E-state index contributed by atoms with van der Waals surface area (Å²) in [7, 11) is 8.46. The van der Waals surface area contributed by atoms with Crippen molar-refractivity contribution in [3.05, 3.63) is 35.6 Å². The van der Waals surface area contributed by atoms with Crippen LogP contribution in [0.15, 0.2) is 24.3 Å². The van der Waals surface area contributed by atoms with Gasteiger partial charge < -0.3 is 70.6 Å². The van der Waals surface area contributed by atoms with Crippen molar-refractivity contribution in [3.8, 4) is 0 Å². The fourth-order valence-corrected chi connectivity index (χ4v) is 13.0. The average molecular weight is 1410 g/mol. The van der Waals surface area contributed by atoms with Gasteiger partial charge in [-0.25, -0.2) is 4.39 Å². The molecular weight excluding hydrogens is 1290 g/mol. The summed E-state index contributed by atoms with van der Waals surface area (Å²) in [5, 5.41) is 26.1. The molecule has 0 saturated carbocycles. The van der Waals surface area contributed by atoms with E-state index in [1.54, 1.807) is 60.6 Å². The Morgan fingerprint density at radius 1 is 0.510 bits per heavy atom. The van der Waals surface area contributed by atoms with Gasteiger partial charge in [0.1, 0.15) is 72.3 Å². The normalized spacial score (nSPS) is 26.6. The van der Waals surface area contributed by atoms with Crippen molar-refractivity contribution < 1.29 is 71.7 Å². The quantitative estimate of drug-likeness (QED) is 0.0895. The highest BCUT2D eigenvalue weighted by Gasteiger charge is 2.45. The number of aliphatic hydroxyl groups excluding tert-OH is 1. The fraction of sp³-hybridized carbons (Fsp3) is 0.767. The largest absolute Gasteiger partial charge is 0.390 e. The van der Waals surface area contributed by atoms with Gasteiger partial charge in [-0.15, -0.1) is 0 Å². The fourth-order valence-electron chi connectivity index (χ4n) is 13.0. The predicted octanol–water partition coefficient (Wildman–Crippen LogP) is 3.98. The van der Waals surface area contributed by atoms with Crippen LogP contribution in [-0.2, 0) is 68.6 Å². The van der Waals surface area contributed by atoms with Gasteiger partial charge in [0.2, 0.25) is 65.0 Å². The molecule has 0 spiro atoms. The van der Waals surface area contributed by atoms with Crippen molar-refractivity contribution in [3.63, 3.8) is 0 Å². The first-order valence-electron chi connectivity index (χ1n) is 36.2. The second kappa shape index (κ2) is 41.3. The zero-order valence-corrected chi connectivity index (χ0v) is 64.1. The lowest BCUT2D eigenvalue weighted by Crippen LogP contribution is -2.64. The van der Waals surface area contributed by atoms with E-state index in [1.165, 1.54) is 94.8 Å². The van der Waals surface area contributed by atoms with E-state index in [2.05, 4.69) is 31.5 Å². The van der Waals surface area contributed by atoms with E-state index in [0.717, 1.165) is 41.4 Å². The van der Waals surface area contributed by atoms with Crippen molar-refractivity contribution in [2.75, 3.05) is 81.7 Å². The molecule has 27 heteroatoms. The number of unbranched alkanes of at least 4 members (excludes halogenated alkanes) is 1. The van der Waals surface area contributed by atoms with E-state index < -0.39 is 167 Å². The molecule has 6 N–H and O–H groups in total. The SMILES string of the molecule is CC[C@@H]1NC(=O)[C@H]([C@H](O)[C@H](C)CCCc2ccc(F)cc2)NC(=O)[C@H](C(C)C)N(C)C(=O)[C@H](CC(C)C)N(C)C(=O)[C@H](CC(C)C)N(C)C(=O)[C@@H](C)NC(=O)[C@H](C)NC(=O)[C@H](CC(C)C)N(C)C(=O)[C@H](C(C)C)NC(=O)[C@H]([C@@H](C)OCCCCN2CCOCC2)N(C)C(=O)[C@@H](C)N(C)C1=O. The Morgan fingerprint density at radius 2 is 1.00 bits per heavy atom. The maximum Gasteiger partial charge on any atom is 0.246 e. The van der Waals surface area contributed by atoms with Gasteiger partial charge in [0, 0.05) is 62.0 Å². The summed E-state index contributed by atoms with van der Waals surface area (Å²) in [6.45, 7) is 31.1. The van der Waals surface area contributed by atoms with Crippen LogP contribution >= 0.6 is 0 Å². The lowest BCUT2D eigenvalue weighted by Gasteiger charge is -2.40. The third-order valence-electron chi connectivity index (χ3n) is 19.5. The second-order valence-electron chi connectivity index (χ2n) is 29.8. The number of carbonyl (C=O) groups is 11. The molecule has 0 unspecified atom stereocenters. The Balaban J connectivity index is 2.30. The van der Waals surface area contributed by atoms with E-state index in [-0.39, 0.29) is 50.0 Å². The highest BCUT2D eigenvalue weighted by atomic mass is 19.1. The molecule has 1 aromatic carbocycles. The molecule has 0 aromatic heterocycles. The Kier molecular flexibility index (Phi) is 36.1. The summed E-state index contributed by atoms with van der Waals surface area (Å²) in [5.74, 6) is -10.9. The molecule has 26 nitrogen and oxygen atoms in total. The maximum absolute atomic E-state index is 15.2.